The van der Waals surface area contributed by atoms with E-state index in [1.54, 1.807) is 0 Å². The van der Waals surface area contributed by atoms with Gasteiger partial charge in [0.25, 0.3) is 0 Å². The summed E-state index contributed by atoms with van der Waals surface area (Å²) in [5.74, 6) is -1.49. The van der Waals surface area contributed by atoms with E-state index in [2.05, 4.69) is 5.32 Å². The second-order valence-corrected chi connectivity index (χ2v) is 4.78. The van der Waals surface area contributed by atoms with E-state index in [1.165, 1.54) is 32.9 Å². The highest BCUT2D eigenvalue weighted by atomic mass is 19.4. The summed E-state index contributed by atoms with van der Waals surface area (Å²) in [6, 6.07) is 3.84. The van der Waals surface area contributed by atoms with Gasteiger partial charge in [-0.05, 0) is 38.0 Å². The van der Waals surface area contributed by atoms with Gasteiger partial charge in [-0.15, -0.1) is 0 Å². The Morgan fingerprint density at radius 3 is 2.43 bits per heavy atom. The Hall–Kier alpha value is -1.63. The van der Waals surface area contributed by atoms with Crippen molar-refractivity contribution in [3.8, 4) is 0 Å². The third kappa shape index (κ3) is 4.42. The van der Waals surface area contributed by atoms with Gasteiger partial charge in [0.2, 0.25) is 0 Å². The first-order chi connectivity index (χ1) is 9.60. The van der Waals surface area contributed by atoms with Gasteiger partial charge in [-0.2, -0.15) is 13.2 Å². The first-order valence-corrected chi connectivity index (χ1v) is 6.36. The average molecular weight is 307 g/mol. The van der Waals surface area contributed by atoms with Crippen LogP contribution < -0.4 is 5.32 Å². The third-order valence-corrected chi connectivity index (χ3v) is 3.08. The van der Waals surface area contributed by atoms with Crippen LogP contribution in [0.3, 0.4) is 0 Å². The SMILES string of the molecule is CCOC(=O)C(C)(NCC(F)(F)F)c1ccc(C)c(F)c1. The molecule has 3 nitrogen and oxygen atoms in total. The minimum absolute atomic E-state index is 0.0104. The maximum atomic E-state index is 13.6. The Morgan fingerprint density at radius 2 is 1.95 bits per heavy atom. The number of esters is 1. The summed E-state index contributed by atoms with van der Waals surface area (Å²) in [5.41, 5.74) is -1.37. The minimum atomic E-state index is -4.50. The predicted molar refractivity (Wildman–Crippen MR) is 69.2 cm³/mol. The Labute approximate surface area is 120 Å². The topological polar surface area (TPSA) is 38.3 Å². The molecule has 0 heterocycles. The second kappa shape index (κ2) is 6.43. The van der Waals surface area contributed by atoms with E-state index in [0.717, 1.165) is 6.07 Å². The lowest BCUT2D eigenvalue weighted by molar-refractivity contribution is -0.155. The highest BCUT2D eigenvalue weighted by molar-refractivity contribution is 5.82. The van der Waals surface area contributed by atoms with Crippen molar-refractivity contribution in [3.05, 3.63) is 35.1 Å². The van der Waals surface area contributed by atoms with Gasteiger partial charge < -0.3 is 4.74 Å². The molecule has 0 aromatic heterocycles. The van der Waals surface area contributed by atoms with Crippen LogP contribution in [-0.2, 0) is 15.1 Å². The largest absolute Gasteiger partial charge is 0.464 e. The lowest BCUT2D eigenvalue weighted by atomic mass is 9.91. The van der Waals surface area contributed by atoms with Crippen LogP contribution in [-0.4, -0.2) is 25.3 Å². The number of ether oxygens (including phenoxy) is 1. The standard InChI is InChI=1S/C14H17F4NO2/c1-4-21-12(20)13(3,19-8-14(16,17)18)10-6-5-9(2)11(15)7-10/h5-7,19H,4,8H2,1-3H3. The number of carbonyl (C=O) groups excluding carboxylic acids is 1. The quantitative estimate of drug-likeness (QED) is 0.671. The number of benzene rings is 1. The fourth-order valence-corrected chi connectivity index (χ4v) is 1.75. The van der Waals surface area contributed by atoms with Crippen molar-refractivity contribution in [2.45, 2.75) is 32.5 Å². The van der Waals surface area contributed by atoms with E-state index in [-0.39, 0.29) is 12.2 Å². The third-order valence-electron chi connectivity index (χ3n) is 3.08. The number of rotatable bonds is 5. The molecule has 0 bridgehead atoms. The molecule has 1 aromatic rings. The van der Waals surface area contributed by atoms with Gasteiger partial charge in [0.15, 0.2) is 0 Å². The summed E-state index contributed by atoms with van der Waals surface area (Å²) >= 11 is 0. The first-order valence-electron chi connectivity index (χ1n) is 6.36. The Morgan fingerprint density at radius 1 is 1.33 bits per heavy atom. The smallest absolute Gasteiger partial charge is 0.401 e. The number of carbonyl (C=O) groups is 1. The van der Waals surface area contributed by atoms with Crippen molar-refractivity contribution >= 4 is 5.97 Å². The van der Waals surface area contributed by atoms with Crippen molar-refractivity contribution in [2.24, 2.45) is 0 Å². The monoisotopic (exact) mass is 307 g/mol. The molecule has 0 aliphatic carbocycles. The summed E-state index contributed by atoms with van der Waals surface area (Å²) in [6.07, 6.45) is -4.50. The van der Waals surface area contributed by atoms with Crippen LogP contribution in [0.15, 0.2) is 18.2 Å². The Bertz CT molecular complexity index is 516. The van der Waals surface area contributed by atoms with Gasteiger partial charge in [0.1, 0.15) is 11.4 Å². The predicted octanol–water partition coefficient (Wildman–Crippen LogP) is 3.06. The van der Waals surface area contributed by atoms with E-state index in [0.29, 0.717) is 5.56 Å². The summed E-state index contributed by atoms with van der Waals surface area (Å²) in [7, 11) is 0. The van der Waals surface area contributed by atoms with E-state index < -0.39 is 30.0 Å². The molecule has 21 heavy (non-hydrogen) atoms. The molecule has 1 rings (SSSR count). The number of nitrogens with one attached hydrogen (secondary N) is 1. The van der Waals surface area contributed by atoms with Gasteiger partial charge in [0, 0.05) is 0 Å². The summed E-state index contributed by atoms with van der Waals surface area (Å²) < 4.78 is 55.7. The number of hydrogen-bond donors (Lipinski definition) is 1. The zero-order valence-electron chi connectivity index (χ0n) is 12.0. The van der Waals surface area contributed by atoms with E-state index in [1.807, 2.05) is 0 Å². The average Bonchev–Trinajstić information content (AvgIpc) is 2.38. The molecular weight excluding hydrogens is 290 g/mol. The molecule has 0 aliphatic heterocycles. The van der Waals surface area contributed by atoms with Gasteiger partial charge in [0.05, 0.1) is 13.2 Å². The summed E-state index contributed by atoms with van der Waals surface area (Å²) in [6.45, 7) is 2.91. The lowest BCUT2D eigenvalue weighted by Crippen LogP contribution is -2.51. The second-order valence-electron chi connectivity index (χ2n) is 4.78. The molecule has 0 spiro atoms. The lowest BCUT2D eigenvalue weighted by Gasteiger charge is -2.29. The van der Waals surface area contributed by atoms with Crippen LogP contribution >= 0.6 is 0 Å². The van der Waals surface area contributed by atoms with Crippen molar-refractivity contribution in [1.82, 2.24) is 5.32 Å². The Balaban J connectivity index is 3.16. The normalized spacial score (nSPS) is 14.6. The van der Waals surface area contributed by atoms with Crippen molar-refractivity contribution < 1.29 is 27.1 Å². The molecule has 7 heteroatoms. The number of alkyl halides is 3. The van der Waals surface area contributed by atoms with Crippen LogP contribution in [0.25, 0.3) is 0 Å². The molecule has 0 amide bonds. The maximum Gasteiger partial charge on any atom is 0.401 e. The van der Waals surface area contributed by atoms with Crippen molar-refractivity contribution in [1.29, 1.82) is 0 Å². The van der Waals surface area contributed by atoms with Crippen LogP contribution in [0.4, 0.5) is 17.6 Å². The van der Waals surface area contributed by atoms with Crippen LogP contribution in [0.2, 0.25) is 0 Å². The van der Waals surface area contributed by atoms with Crippen molar-refractivity contribution in [3.63, 3.8) is 0 Å². The van der Waals surface area contributed by atoms with Gasteiger partial charge in [-0.1, -0.05) is 12.1 Å². The molecule has 0 radical (unpaired) electrons. The van der Waals surface area contributed by atoms with Gasteiger partial charge in [-0.3, -0.25) is 5.32 Å². The van der Waals surface area contributed by atoms with Gasteiger partial charge in [-0.25, -0.2) is 9.18 Å². The summed E-state index contributed by atoms with van der Waals surface area (Å²) in [5, 5.41) is 2.12. The van der Waals surface area contributed by atoms with E-state index in [4.69, 9.17) is 4.74 Å². The highest BCUT2D eigenvalue weighted by Gasteiger charge is 2.40. The first kappa shape index (κ1) is 17.4. The van der Waals surface area contributed by atoms with Gasteiger partial charge >= 0.3 is 12.1 Å². The van der Waals surface area contributed by atoms with Crippen molar-refractivity contribution in [2.75, 3.05) is 13.2 Å². The van der Waals surface area contributed by atoms with Crippen LogP contribution in [0.5, 0.6) is 0 Å². The molecule has 1 aromatic carbocycles. The Kier molecular flexibility index (Phi) is 5.33. The molecule has 0 saturated carbocycles. The molecule has 0 aliphatic rings. The zero-order valence-corrected chi connectivity index (χ0v) is 12.0. The zero-order chi connectivity index (χ0) is 16.3. The number of aryl methyl sites for hydroxylation is 1. The fraction of sp³-hybridized carbons (Fsp3) is 0.500. The minimum Gasteiger partial charge on any atom is -0.464 e. The van der Waals surface area contributed by atoms with E-state index >= 15 is 0 Å². The maximum absolute atomic E-state index is 13.6. The fourth-order valence-electron chi connectivity index (χ4n) is 1.75. The molecule has 1 unspecified atom stereocenters. The molecule has 0 saturated heterocycles. The highest BCUT2D eigenvalue weighted by Crippen LogP contribution is 2.26. The number of hydrogen-bond acceptors (Lipinski definition) is 3. The van der Waals surface area contributed by atoms with Crippen LogP contribution in [0.1, 0.15) is 25.0 Å². The molecule has 1 N–H and O–H groups in total. The molecule has 1 atom stereocenters. The number of halogens is 4. The van der Waals surface area contributed by atoms with Crippen LogP contribution in [0, 0.1) is 12.7 Å². The summed E-state index contributed by atoms with van der Waals surface area (Å²) in [4.78, 5) is 12.0. The molecule has 0 fully saturated rings. The molecule has 118 valence electrons. The molecular formula is C14H17F4NO2. The van der Waals surface area contributed by atoms with E-state index in [9.17, 15) is 22.4 Å².